The lowest BCUT2D eigenvalue weighted by atomic mass is 9.75. The monoisotopic (exact) mass is 286 g/mol. The topological polar surface area (TPSA) is 47.7 Å². The highest BCUT2D eigenvalue weighted by molar-refractivity contribution is 4.95. The van der Waals surface area contributed by atoms with Crippen LogP contribution in [0.5, 0.6) is 0 Å². The van der Waals surface area contributed by atoms with Crippen molar-refractivity contribution in [2.45, 2.75) is 51.5 Å². The van der Waals surface area contributed by atoms with Crippen LogP contribution in [0, 0.1) is 5.92 Å². The van der Waals surface area contributed by atoms with E-state index in [1.54, 1.807) is 7.11 Å². The van der Waals surface area contributed by atoms with Crippen molar-refractivity contribution in [3.63, 3.8) is 0 Å². The van der Waals surface area contributed by atoms with E-state index in [0.29, 0.717) is 0 Å². The largest absolute Gasteiger partial charge is 0.385 e. The minimum atomic E-state index is 0.211. The first-order valence-electron chi connectivity index (χ1n) is 8.20. The molecule has 0 spiro atoms. The van der Waals surface area contributed by atoms with Gasteiger partial charge in [-0.15, -0.1) is 0 Å². The molecule has 0 radical (unpaired) electrons. The van der Waals surface area contributed by atoms with E-state index in [-0.39, 0.29) is 5.54 Å². The van der Waals surface area contributed by atoms with Crippen molar-refractivity contribution < 1.29 is 9.47 Å². The van der Waals surface area contributed by atoms with E-state index in [0.717, 1.165) is 51.8 Å². The van der Waals surface area contributed by atoms with Crippen LogP contribution in [0.4, 0.5) is 0 Å². The molecule has 0 heterocycles. The summed E-state index contributed by atoms with van der Waals surface area (Å²) in [4.78, 5) is 2.55. The first-order chi connectivity index (χ1) is 9.68. The zero-order valence-electron chi connectivity index (χ0n) is 13.7. The quantitative estimate of drug-likeness (QED) is 0.626. The van der Waals surface area contributed by atoms with Gasteiger partial charge in [0.15, 0.2) is 0 Å². The Labute approximate surface area is 125 Å². The van der Waals surface area contributed by atoms with Gasteiger partial charge in [-0.05, 0) is 31.7 Å². The van der Waals surface area contributed by atoms with Gasteiger partial charge in [0.05, 0.1) is 6.61 Å². The molecule has 2 N–H and O–H groups in total. The normalized spacial score (nSPS) is 27.1. The van der Waals surface area contributed by atoms with Crippen molar-refractivity contribution in [1.82, 2.24) is 4.90 Å². The van der Waals surface area contributed by atoms with Gasteiger partial charge >= 0.3 is 0 Å². The van der Waals surface area contributed by atoms with Gasteiger partial charge in [0.25, 0.3) is 0 Å². The van der Waals surface area contributed by atoms with Gasteiger partial charge in [0.2, 0.25) is 0 Å². The third-order valence-corrected chi connectivity index (χ3v) is 4.64. The van der Waals surface area contributed by atoms with Crippen molar-refractivity contribution in [3.8, 4) is 0 Å². The Bertz CT molecular complexity index is 251. The van der Waals surface area contributed by atoms with E-state index in [2.05, 4.69) is 18.7 Å². The minimum absolute atomic E-state index is 0.211. The molecule has 20 heavy (non-hydrogen) atoms. The lowest BCUT2D eigenvalue weighted by Crippen LogP contribution is -2.57. The fourth-order valence-corrected chi connectivity index (χ4v) is 3.55. The molecule has 120 valence electrons. The first kappa shape index (κ1) is 17.9. The van der Waals surface area contributed by atoms with Crippen molar-refractivity contribution in [2.24, 2.45) is 11.7 Å². The van der Waals surface area contributed by atoms with E-state index in [4.69, 9.17) is 15.2 Å². The molecule has 2 unspecified atom stereocenters. The Morgan fingerprint density at radius 2 is 2.10 bits per heavy atom. The van der Waals surface area contributed by atoms with Gasteiger partial charge in [0.1, 0.15) is 0 Å². The summed E-state index contributed by atoms with van der Waals surface area (Å²) in [5.74, 6) is 0.795. The molecular weight excluding hydrogens is 252 g/mol. The highest BCUT2D eigenvalue weighted by Gasteiger charge is 2.38. The molecule has 0 aromatic carbocycles. The Kier molecular flexibility index (Phi) is 8.69. The maximum Gasteiger partial charge on any atom is 0.0593 e. The lowest BCUT2D eigenvalue weighted by molar-refractivity contribution is 0.0124. The molecule has 2 atom stereocenters. The van der Waals surface area contributed by atoms with Gasteiger partial charge in [-0.3, -0.25) is 4.90 Å². The summed E-state index contributed by atoms with van der Waals surface area (Å²) in [6.45, 7) is 9.79. The molecule has 1 aliphatic carbocycles. The van der Waals surface area contributed by atoms with Gasteiger partial charge in [0, 0.05) is 39.0 Å². The summed E-state index contributed by atoms with van der Waals surface area (Å²) >= 11 is 0. The Morgan fingerprint density at radius 3 is 2.70 bits per heavy atom. The fraction of sp³-hybridized carbons (Fsp3) is 1.00. The number of rotatable bonds is 10. The first-order valence-corrected chi connectivity index (χ1v) is 8.20. The second kappa shape index (κ2) is 9.72. The molecule has 0 aromatic rings. The average molecular weight is 286 g/mol. The summed E-state index contributed by atoms with van der Waals surface area (Å²) in [7, 11) is 1.73. The number of methoxy groups -OCH3 is 1. The molecule has 0 saturated heterocycles. The molecule has 0 aliphatic heterocycles. The summed E-state index contributed by atoms with van der Waals surface area (Å²) < 4.78 is 10.7. The molecular formula is C16H34N2O2. The molecule has 1 rings (SSSR count). The number of nitrogens with two attached hydrogens (primary N) is 1. The van der Waals surface area contributed by atoms with Crippen LogP contribution in [0.3, 0.4) is 0 Å². The van der Waals surface area contributed by atoms with Crippen LogP contribution >= 0.6 is 0 Å². The zero-order valence-corrected chi connectivity index (χ0v) is 13.7. The number of likely N-dealkylation sites (N-methyl/N-ethyl adjacent to an activating group) is 1. The van der Waals surface area contributed by atoms with E-state index < -0.39 is 0 Å². The standard InChI is InChI=1S/C16H34N2O2/c1-4-18(9-12-20-11-6-10-19-3)16(14-17)8-5-7-15(2)13-16/h15H,4-14,17H2,1-3H3. The van der Waals surface area contributed by atoms with Crippen LogP contribution in [0.15, 0.2) is 0 Å². The number of ether oxygens (including phenoxy) is 2. The molecule has 4 nitrogen and oxygen atoms in total. The fourth-order valence-electron chi connectivity index (χ4n) is 3.55. The van der Waals surface area contributed by atoms with Gasteiger partial charge in [-0.2, -0.15) is 0 Å². The molecule has 0 amide bonds. The van der Waals surface area contributed by atoms with Crippen LogP contribution < -0.4 is 5.73 Å². The highest BCUT2D eigenvalue weighted by Crippen LogP contribution is 2.36. The Morgan fingerprint density at radius 1 is 1.30 bits per heavy atom. The van der Waals surface area contributed by atoms with E-state index >= 15 is 0 Å². The molecule has 1 saturated carbocycles. The summed E-state index contributed by atoms with van der Waals surface area (Å²) in [5.41, 5.74) is 6.36. The maximum absolute atomic E-state index is 6.15. The van der Waals surface area contributed by atoms with E-state index in [1.165, 1.54) is 25.7 Å². The molecule has 1 fully saturated rings. The number of nitrogens with zero attached hydrogens (tertiary/aromatic N) is 1. The predicted molar refractivity (Wildman–Crippen MR) is 84.0 cm³/mol. The smallest absolute Gasteiger partial charge is 0.0593 e. The third kappa shape index (κ3) is 5.32. The van der Waals surface area contributed by atoms with Gasteiger partial charge < -0.3 is 15.2 Å². The maximum atomic E-state index is 6.15. The summed E-state index contributed by atoms with van der Waals surface area (Å²) in [5, 5.41) is 0. The molecule has 1 aliphatic rings. The molecule has 0 bridgehead atoms. The van der Waals surface area contributed by atoms with Gasteiger partial charge in [-0.25, -0.2) is 0 Å². The molecule has 4 heteroatoms. The Balaban J connectivity index is 2.38. The van der Waals surface area contributed by atoms with Crippen LogP contribution in [0.1, 0.15) is 46.0 Å². The zero-order chi connectivity index (χ0) is 14.8. The van der Waals surface area contributed by atoms with Crippen LogP contribution in [-0.2, 0) is 9.47 Å². The van der Waals surface area contributed by atoms with Crippen molar-refractivity contribution in [1.29, 1.82) is 0 Å². The lowest BCUT2D eigenvalue weighted by Gasteiger charge is -2.47. The van der Waals surface area contributed by atoms with Crippen LogP contribution in [-0.4, -0.2) is 57.0 Å². The van der Waals surface area contributed by atoms with Crippen molar-refractivity contribution in [3.05, 3.63) is 0 Å². The summed E-state index contributed by atoms with van der Waals surface area (Å²) in [6, 6.07) is 0. The second-order valence-electron chi connectivity index (χ2n) is 6.17. The van der Waals surface area contributed by atoms with Crippen molar-refractivity contribution >= 4 is 0 Å². The minimum Gasteiger partial charge on any atom is -0.385 e. The Hall–Kier alpha value is -0.160. The van der Waals surface area contributed by atoms with E-state index in [9.17, 15) is 0 Å². The van der Waals surface area contributed by atoms with Crippen LogP contribution in [0.2, 0.25) is 0 Å². The average Bonchev–Trinajstić information content (AvgIpc) is 2.46. The number of hydrogen-bond acceptors (Lipinski definition) is 4. The van der Waals surface area contributed by atoms with Crippen molar-refractivity contribution in [2.75, 3.05) is 46.6 Å². The van der Waals surface area contributed by atoms with Crippen LogP contribution in [0.25, 0.3) is 0 Å². The summed E-state index contributed by atoms with van der Waals surface area (Å²) in [6.07, 6.45) is 6.12. The predicted octanol–water partition coefficient (Wildman–Crippen LogP) is 2.27. The molecule has 0 aromatic heterocycles. The van der Waals surface area contributed by atoms with Gasteiger partial charge in [-0.1, -0.05) is 26.7 Å². The SMILES string of the molecule is CCN(CCOCCCOC)C1(CN)CCCC(C)C1. The third-order valence-electron chi connectivity index (χ3n) is 4.64. The number of hydrogen-bond donors (Lipinski definition) is 1. The second-order valence-corrected chi connectivity index (χ2v) is 6.17. The highest BCUT2D eigenvalue weighted by atomic mass is 16.5. The van der Waals surface area contributed by atoms with E-state index in [1.807, 2.05) is 0 Å².